The minimum Gasteiger partial charge on any atom is -0.382 e. The number of pyridine rings is 1. The molecule has 0 aliphatic carbocycles. The number of hydrogen-bond acceptors (Lipinski definition) is 5. The van der Waals surface area contributed by atoms with E-state index in [9.17, 15) is 4.79 Å². The van der Waals surface area contributed by atoms with E-state index in [1.807, 2.05) is 20.8 Å². The summed E-state index contributed by atoms with van der Waals surface area (Å²) >= 11 is 0. The summed E-state index contributed by atoms with van der Waals surface area (Å²) in [5.41, 5.74) is 9.76. The summed E-state index contributed by atoms with van der Waals surface area (Å²) in [4.78, 5) is 22.2. The number of rotatable bonds is 7. The van der Waals surface area contributed by atoms with Crippen molar-refractivity contribution in [3.8, 4) is 0 Å². The number of carbonyl (C=O) groups is 1. The lowest BCUT2D eigenvalue weighted by Crippen LogP contribution is -2.35. The van der Waals surface area contributed by atoms with Crippen molar-refractivity contribution >= 4 is 22.9 Å². The lowest BCUT2D eigenvalue weighted by molar-refractivity contribution is 0.126. The number of nitrogens with one attached hydrogen (secondary N) is 1. The van der Waals surface area contributed by atoms with Gasteiger partial charge in [-0.2, -0.15) is 0 Å². The Morgan fingerprint density at radius 3 is 2.68 bits per heavy atom. The zero-order chi connectivity index (χ0) is 18.6. The summed E-state index contributed by atoms with van der Waals surface area (Å²) in [6.45, 7) is 8.28. The van der Waals surface area contributed by atoms with E-state index in [1.165, 1.54) is 4.90 Å². The van der Waals surface area contributed by atoms with Crippen LogP contribution >= 0.6 is 0 Å². The molecule has 0 spiro atoms. The molecule has 0 unspecified atom stereocenters. The Morgan fingerprint density at radius 1 is 1.32 bits per heavy atom. The van der Waals surface area contributed by atoms with E-state index in [2.05, 4.69) is 19.9 Å². The molecule has 8 nitrogen and oxygen atoms in total. The van der Waals surface area contributed by atoms with Crippen LogP contribution in [-0.2, 0) is 17.9 Å². The highest BCUT2D eigenvalue weighted by molar-refractivity contribution is 5.88. The second-order valence-corrected chi connectivity index (χ2v) is 6.20. The molecule has 2 rings (SSSR count). The number of amides is 2. The normalized spacial score (nSPS) is 11.1. The fourth-order valence-electron chi connectivity index (χ4n) is 2.68. The maximum Gasteiger partial charge on any atom is 0.316 e. The van der Waals surface area contributed by atoms with E-state index in [1.54, 1.807) is 14.1 Å². The number of nitrogen functional groups attached to an aromatic ring is 1. The molecule has 3 N–H and O–H groups in total. The van der Waals surface area contributed by atoms with E-state index >= 15 is 0 Å². The van der Waals surface area contributed by atoms with Crippen LogP contribution in [0.2, 0.25) is 0 Å². The smallest absolute Gasteiger partial charge is 0.316 e. The second kappa shape index (κ2) is 8.15. The van der Waals surface area contributed by atoms with Crippen molar-refractivity contribution in [3.05, 3.63) is 17.1 Å². The Labute approximate surface area is 148 Å². The molecule has 0 saturated heterocycles. The van der Waals surface area contributed by atoms with Crippen LogP contribution in [0.4, 0.5) is 10.6 Å². The highest BCUT2D eigenvalue weighted by atomic mass is 16.5. The average molecular weight is 348 g/mol. The third-order valence-electron chi connectivity index (χ3n) is 4.15. The molecule has 0 aliphatic rings. The summed E-state index contributed by atoms with van der Waals surface area (Å²) in [6.07, 6.45) is 0.783. The predicted molar refractivity (Wildman–Crippen MR) is 98.4 cm³/mol. The Hall–Kier alpha value is -2.35. The predicted octanol–water partition coefficient (Wildman–Crippen LogP) is 1.83. The number of anilines is 1. The van der Waals surface area contributed by atoms with Crippen LogP contribution in [0, 0.1) is 13.8 Å². The SMILES string of the molecule is CCOCc1nc2c(N)nc(C)c(C)c2n1CCCNC(=O)N(C)C. The Bertz CT molecular complexity index is 753. The fourth-order valence-corrected chi connectivity index (χ4v) is 2.68. The summed E-state index contributed by atoms with van der Waals surface area (Å²) in [5, 5.41) is 2.88. The number of aromatic nitrogens is 3. The summed E-state index contributed by atoms with van der Waals surface area (Å²) in [5.74, 6) is 1.27. The molecule has 0 aliphatic heterocycles. The Kier molecular flexibility index (Phi) is 6.19. The molecule has 8 heteroatoms. The van der Waals surface area contributed by atoms with Crippen molar-refractivity contribution in [2.24, 2.45) is 0 Å². The van der Waals surface area contributed by atoms with Crippen molar-refractivity contribution in [2.45, 2.75) is 40.3 Å². The zero-order valence-corrected chi connectivity index (χ0v) is 15.7. The quantitative estimate of drug-likeness (QED) is 0.744. The van der Waals surface area contributed by atoms with Crippen molar-refractivity contribution in [1.82, 2.24) is 24.8 Å². The average Bonchev–Trinajstić information content (AvgIpc) is 2.93. The fraction of sp³-hybridized carbons (Fsp3) is 0.588. The van der Waals surface area contributed by atoms with Gasteiger partial charge in [-0.05, 0) is 32.8 Å². The molecule has 0 saturated carbocycles. The van der Waals surface area contributed by atoms with E-state index < -0.39 is 0 Å². The molecule has 0 fully saturated rings. The molecule has 0 atom stereocenters. The van der Waals surface area contributed by atoms with Gasteiger partial charge in [0.25, 0.3) is 0 Å². The number of urea groups is 1. The molecule has 2 aromatic rings. The first-order valence-electron chi connectivity index (χ1n) is 8.51. The summed E-state index contributed by atoms with van der Waals surface area (Å²) in [6, 6.07) is -0.0921. The zero-order valence-electron chi connectivity index (χ0n) is 15.7. The highest BCUT2D eigenvalue weighted by Gasteiger charge is 2.17. The van der Waals surface area contributed by atoms with Gasteiger partial charge in [-0.3, -0.25) is 0 Å². The number of imidazole rings is 1. The van der Waals surface area contributed by atoms with Crippen LogP contribution in [0.15, 0.2) is 0 Å². The summed E-state index contributed by atoms with van der Waals surface area (Å²) in [7, 11) is 3.45. The van der Waals surface area contributed by atoms with E-state index in [-0.39, 0.29) is 6.03 Å². The van der Waals surface area contributed by atoms with Crippen LogP contribution < -0.4 is 11.1 Å². The van der Waals surface area contributed by atoms with Gasteiger partial charge >= 0.3 is 6.03 Å². The molecule has 0 bridgehead atoms. The molecular formula is C17H28N6O2. The first-order valence-corrected chi connectivity index (χ1v) is 8.51. The van der Waals surface area contributed by atoms with Crippen molar-refractivity contribution < 1.29 is 9.53 Å². The minimum absolute atomic E-state index is 0.0921. The van der Waals surface area contributed by atoms with E-state index in [4.69, 9.17) is 10.5 Å². The number of fused-ring (bicyclic) bond motifs is 1. The molecular weight excluding hydrogens is 320 g/mol. The maximum atomic E-state index is 11.6. The number of nitrogens with two attached hydrogens (primary N) is 1. The van der Waals surface area contributed by atoms with Gasteiger partial charge in [-0.25, -0.2) is 14.8 Å². The van der Waals surface area contributed by atoms with Crippen LogP contribution in [-0.4, -0.2) is 52.7 Å². The third-order valence-corrected chi connectivity index (χ3v) is 4.15. The van der Waals surface area contributed by atoms with Crippen LogP contribution in [0.5, 0.6) is 0 Å². The van der Waals surface area contributed by atoms with E-state index in [0.717, 1.165) is 41.1 Å². The molecule has 2 heterocycles. The first kappa shape index (κ1) is 19.0. The topological polar surface area (TPSA) is 98.3 Å². The monoisotopic (exact) mass is 348 g/mol. The highest BCUT2D eigenvalue weighted by Crippen LogP contribution is 2.26. The van der Waals surface area contributed by atoms with Gasteiger partial charge in [0, 0.05) is 39.5 Å². The second-order valence-electron chi connectivity index (χ2n) is 6.20. The molecule has 0 aromatic carbocycles. The number of aryl methyl sites for hydroxylation is 3. The lowest BCUT2D eigenvalue weighted by Gasteiger charge is -2.14. The van der Waals surface area contributed by atoms with Gasteiger partial charge < -0.3 is 25.3 Å². The van der Waals surface area contributed by atoms with Gasteiger partial charge in [0.2, 0.25) is 0 Å². The number of nitrogens with zero attached hydrogens (tertiary/aromatic N) is 4. The van der Waals surface area contributed by atoms with Gasteiger partial charge in [-0.15, -0.1) is 0 Å². The number of hydrogen-bond donors (Lipinski definition) is 2. The van der Waals surface area contributed by atoms with Crippen molar-refractivity contribution in [2.75, 3.05) is 33.0 Å². The Morgan fingerprint density at radius 2 is 2.04 bits per heavy atom. The lowest BCUT2D eigenvalue weighted by atomic mass is 10.2. The molecule has 2 amide bonds. The Balaban J connectivity index is 2.27. The van der Waals surface area contributed by atoms with Gasteiger partial charge in [0.1, 0.15) is 17.9 Å². The molecule has 2 aromatic heterocycles. The molecule has 138 valence electrons. The summed E-state index contributed by atoms with van der Waals surface area (Å²) < 4.78 is 7.69. The van der Waals surface area contributed by atoms with Crippen molar-refractivity contribution in [1.29, 1.82) is 0 Å². The molecule has 25 heavy (non-hydrogen) atoms. The third kappa shape index (κ3) is 4.19. The number of carbonyl (C=O) groups excluding carboxylic acids is 1. The van der Waals surface area contributed by atoms with Crippen LogP contribution in [0.25, 0.3) is 11.0 Å². The molecule has 0 radical (unpaired) electrons. The van der Waals surface area contributed by atoms with Crippen LogP contribution in [0.3, 0.4) is 0 Å². The van der Waals surface area contributed by atoms with Crippen molar-refractivity contribution in [3.63, 3.8) is 0 Å². The van der Waals surface area contributed by atoms with Gasteiger partial charge in [0.05, 0.1) is 5.52 Å². The largest absolute Gasteiger partial charge is 0.382 e. The first-order chi connectivity index (χ1) is 11.9. The van der Waals surface area contributed by atoms with Crippen LogP contribution in [0.1, 0.15) is 30.4 Å². The standard InChI is InChI=1S/C17H28N6O2/c1-6-25-10-13-21-14-15(11(2)12(3)20-16(14)18)23(13)9-7-8-19-17(24)22(4)5/h6-10H2,1-5H3,(H2,18,20)(H,19,24). The number of ether oxygens (including phenoxy) is 1. The van der Waals surface area contributed by atoms with Gasteiger partial charge in [0.15, 0.2) is 5.82 Å². The maximum absolute atomic E-state index is 11.6. The van der Waals surface area contributed by atoms with E-state index in [0.29, 0.717) is 25.6 Å². The minimum atomic E-state index is -0.0921. The van der Waals surface area contributed by atoms with Gasteiger partial charge in [-0.1, -0.05) is 0 Å².